The molecule has 0 aromatic carbocycles. The molecule has 0 aromatic rings. The fourth-order valence-corrected chi connectivity index (χ4v) is 0.638. The number of hydrogen-bond donors (Lipinski definition) is 2. The molecule has 66 valence electrons. The molecule has 0 bridgehead atoms. The molecule has 0 aliphatic carbocycles. The van der Waals surface area contributed by atoms with Crippen molar-refractivity contribution in [3.63, 3.8) is 0 Å². The van der Waals surface area contributed by atoms with E-state index in [1.165, 1.54) is 0 Å². The normalized spacial score (nSPS) is 8.58. The van der Waals surface area contributed by atoms with Crippen LogP contribution < -0.4 is 5.32 Å². The maximum atomic E-state index is 10.8. The van der Waals surface area contributed by atoms with Crippen molar-refractivity contribution in [2.24, 2.45) is 0 Å². The average Bonchev–Trinajstić information content (AvgIpc) is 2.00. The van der Waals surface area contributed by atoms with Crippen LogP contribution >= 0.6 is 0 Å². The zero-order valence-electron chi connectivity index (χ0n) is 6.67. The second kappa shape index (κ2) is 6.23. The van der Waals surface area contributed by atoms with E-state index in [9.17, 15) is 9.59 Å². The number of hydrogen-bond acceptors (Lipinski definition) is 2. The van der Waals surface area contributed by atoms with Gasteiger partial charge in [-0.2, -0.15) is 0 Å². The van der Waals surface area contributed by atoms with Crippen molar-refractivity contribution in [1.82, 2.24) is 5.32 Å². The molecule has 4 nitrogen and oxygen atoms in total. The van der Waals surface area contributed by atoms with E-state index in [-0.39, 0.29) is 25.3 Å². The van der Waals surface area contributed by atoms with Crippen molar-refractivity contribution in [3.8, 4) is 12.3 Å². The summed E-state index contributed by atoms with van der Waals surface area (Å²) in [6.07, 6.45) is 5.48. The van der Waals surface area contributed by atoms with E-state index < -0.39 is 5.97 Å². The molecule has 12 heavy (non-hydrogen) atoms. The van der Waals surface area contributed by atoms with Crippen molar-refractivity contribution in [3.05, 3.63) is 0 Å². The third-order valence-electron chi connectivity index (χ3n) is 1.18. The summed E-state index contributed by atoms with van der Waals surface area (Å²) in [6.45, 7) is 0.200. The second-order valence-electron chi connectivity index (χ2n) is 2.23. The Kier molecular flexibility index (Phi) is 5.45. The van der Waals surface area contributed by atoms with Gasteiger partial charge in [0.05, 0.1) is 6.54 Å². The van der Waals surface area contributed by atoms with Gasteiger partial charge < -0.3 is 10.4 Å². The summed E-state index contributed by atoms with van der Waals surface area (Å²) in [5, 5.41) is 10.7. The minimum absolute atomic E-state index is 0.0173. The maximum Gasteiger partial charge on any atom is 0.303 e. The first kappa shape index (κ1) is 10.5. The largest absolute Gasteiger partial charge is 0.481 e. The summed E-state index contributed by atoms with van der Waals surface area (Å²) in [5.41, 5.74) is 0. The molecule has 0 unspecified atom stereocenters. The number of carbonyl (C=O) groups excluding carboxylic acids is 1. The van der Waals surface area contributed by atoms with Gasteiger partial charge in [-0.3, -0.25) is 9.59 Å². The molecular weight excluding hydrogens is 158 g/mol. The summed E-state index contributed by atoms with van der Waals surface area (Å²) in [4.78, 5) is 20.8. The van der Waals surface area contributed by atoms with Crippen molar-refractivity contribution >= 4 is 11.9 Å². The van der Waals surface area contributed by atoms with E-state index in [4.69, 9.17) is 11.5 Å². The van der Waals surface area contributed by atoms with Crippen LogP contribution in [-0.2, 0) is 9.59 Å². The molecule has 0 atom stereocenters. The van der Waals surface area contributed by atoms with Crippen LogP contribution in [-0.4, -0.2) is 23.5 Å². The topological polar surface area (TPSA) is 66.4 Å². The van der Waals surface area contributed by atoms with Gasteiger partial charge in [0.1, 0.15) is 0 Å². The van der Waals surface area contributed by atoms with Crippen LogP contribution in [0, 0.1) is 12.3 Å². The van der Waals surface area contributed by atoms with Gasteiger partial charge in [0, 0.05) is 12.8 Å². The summed E-state index contributed by atoms with van der Waals surface area (Å²) < 4.78 is 0. The molecule has 0 saturated heterocycles. The van der Waals surface area contributed by atoms with Crippen LogP contribution in [0.1, 0.15) is 19.3 Å². The molecule has 0 saturated carbocycles. The molecule has 0 aromatic heterocycles. The number of carboxylic acid groups (broad SMARTS) is 1. The molecule has 0 fully saturated rings. The lowest BCUT2D eigenvalue weighted by Gasteiger charge is -1.98. The Labute approximate surface area is 71.0 Å². The molecule has 0 radical (unpaired) electrons. The Hall–Kier alpha value is -1.50. The second-order valence-corrected chi connectivity index (χ2v) is 2.23. The summed E-state index contributed by atoms with van der Waals surface area (Å²) in [5.74, 6) is 1.16. The maximum absolute atomic E-state index is 10.8. The molecule has 0 heterocycles. The number of carbonyl (C=O) groups is 2. The lowest BCUT2D eigenvalue weighted by molar-refractivity contribution is -0.137. The van der Waals surface area contributed by atoms with E-state index in [1.807, 2.05) is 0 Å². The Morgan fingerprint density at radius 1 is 1.42 bits per heavy atom. The molecule has 0 rings (SSSR count). The molecule has 0 spiro atoms. The van der Waals surface area contributed by atoms with Crippen LogP contribution in [0.2, 0.25) is 0 Å². The molecule has 4 heteroatoms. The lowest BCUT2D eigenvalue weighted by atomic mass is 10.2. The first-order valence-electron chi connectivity index (χ1n) is 3.58. The molecule has 1 amide bonds. The third kappa shape index (κ3) is 6.62. The summed E-state index contributed by atoms with van der Waals surface area (Å²) in [7, 11) is 0. The Bertz CT molecular complexity index is 205. The number of amides is 1. The first-order valence-corrected chi connectivity index (χ1v) is 3.58. The Morgan fingerprint density at radius 2 is 2.08 bits per heavy atom. The van der Waals surface area contributed by atoms with Crippen LogP contribution in [0.15, 0.2) is 0 Å². The quantitative estimate of drug-likeness (QED) is 0.569. The van der Waals surface area contributed by atoms with Gasteiger partial charge in [-0.1, -0.05) is 5.92 Å². The zero-order chi connectivity index (χ0) is 9.40. The minimum Gasteiger partial charge on any atom is -0.481 e. The smallest absolute Gasteiger partial charge is 0.303 e. The average molecular weight is 169 g/mol. The number of aliphatic carboxylic acids is 1. The molecular formula is C8H11NO3. The van der Waals surface area contributed by atoms with Crippen LogP contribution in [0.3, 0.4) is 0 Å². The minimum atomic E-state index is -0.889. The lowest BCUT2D eigenvalue weighted by Crippen LogP contribution is -2.23. The Balaban J connectivity index is 3.33. The van der Waals surface area contributed by atoms with Gasteiger partial charge >= 0.3 is 5.97 Å². The monoisotopic (exact) mass is 169 g/mol. The summed E-state index contributed by atoms with van der Waals surface area (Å²) >= 11 is 0. The predicted octanol–water partition coefficient (Wildman–Crippen LogP) is -0.00930. The predicted molar refractivity (Wildman–Crippen MR) is 43.3 cm³/mol. The fourth-order valence-electron chi connectivity index (χ4n) is 0.638. The highest BCUT2D eigenvalue weighted by atomic mass is 16.4. The highest BCUT2D eigenvalue weighted by molar-refractivity contribution is 5.76. The molecule has 0 aliphatic rings. The van der Waals surface area contributed by atoms with Crippen molar-refractivity contribution < 1.29 is 14.7 Å². The van der Waals surface area contributed by atoms with Crippen LogP contribution in [0.5, 0.6) is 0 Å². The standard InChI is InChI=1S/C8H11NO3/c1-2-6-9-7(10)4-3-5-8(11)12/h1H,3-6H2,(H,9,10)(H,11,12). The van der Waals surface area contributed by atoms with E-state index in [0.717, 1.165) is 0 Å². The first-order chi connectivity index (χ1) is 5.66. The van der Waals surface area contributed by atoms with Crippen LogP contribution in [0.25, 0.3) is 0 Å². The number of terminal acetylenes is 1. The highest BCUT2D eigenvalue weighted by Crippen LogP contribution is 1.94. The van der Waals surface area contributed by atoms with Gasteiger partial charge in [0.25, 0.3) is 0 Å². The van der Waals surface area contributed by atoms with Crippen molar-refractivity contribution in [1.29, 1.82) is 0 Å². The number of nitrogens with one attached hydrogen (secondary N) is 1. The molecule has 2 N–H and O–H groups in total. The third-order valence-corrected chi connectivity index (χ3v) is 1.18. The number of carboxylic acids is 1. The van der Waals surface area contributed by atoms with Gasteiger partial charge in [-0.15, -0.1) is 6.42 Å². The van der Waals surface area contributed by atoms with Crippen molar-refractivity contribution in [2.75, 3.05) is 6.54 Å². The van der Waals surface area contributed by atoms with Crippen LogP contribution in [0.4, 0.5) is 0 Å². The summed E-state index contributed by atoms with van der Waals surface area (Å²) in [6, 6.07) is 0. The van der Waals surface area contributed by atoms with Gasteiger partial charge in [0.2, 0.25) is 5.91 Å². The molecule has 0 aliphatic heterocycles. The van der Waals surface area contributed by atoms with Gasteiger partial charge in [-0.05, 0) is 6.42 Å². The SMILES string of the molecule is C#CCNC(=O)CCCC(=O)O. The van der Waals surface area contributed by atoms with E-state index in [0.29, 0.717) is 6.42 Å². The highest BCUT2D eigenvalue weighted by Gasteiger charge is 2.01. The van der Waals surface area contributed by atoms with Gasteiger partial charge in [-0.25, -0.2) is 0 Å². The zero-order valence-corrected chi connectivity index (χ0v) is 6.67. The fraction of sp³-hybridized carbons (Fsp3) is 0.500. The van der Waals surface area contributed by atoms with E-state index in [2.05, 4.69) is 11.2 Å². The van der Waals surface area contributed by atoms with E-state index >= 15 is 0 Å². The Morgan fingerprint density at radius 3 is 2.58 bits per heavy atom. The van der Waals surface area contributed by atoms with E-state index in [1.54, 1.807) is 0 Å². The van der Waals surface area contributed by atoms with Gasteiger partial charge in [0.15, 0.2) is 0 Å². The number of rotatable bonds is 5. The van der Waals surface area contributed by atoms with Crippen molar-refractivity contribution in [2.45, 2.75) is 19.3 Å².